The highest BCUT2D eigenvalue weighted by Gasteiger charge is 2.27. The second kappa shape index (κ2) is 3.84. The van der Waals surface area contributed by atoms with Gasteiger partial charge in [-0.1, -0.05) is 42.1 Å². The molecule has 0 aliphatic carbocycles. The maximum Gasteiger partial charge on any atom is 0.276 e. The Balaban J connectivity index is 2.00. The fourth-order valence-electron chi connectivity index (χ4n) is 1.36. The molecule has 1 fully saturated rings. The highest BCUT2D eigenvalue weighted by Crippen LogP contribution is 2.20. The van der Waals surface area contributed by atoms with Crippen LogP contribution >= 0.6 is 11.8 Å². The molecule has 0 spiro atoms. The van der Waals surface area contributed by atoms with Crippen LogP contribution in [0.4, 0.5) is 0 Å². The molecule has 1 aliphatic heterocycles. The molecule has 1 amide bonds. The van der Waals surface area contributed by atoms with Gasteiger partial charge >= 0.3 is 0 Å². The van der Waals surface area contributed by atoms with E-state index in [1.54, 1.807) is 0 Å². The number of carbonyl (C=O) groups is 1. The van der Waals surface area contributed by atoms with Crippen LogP contribution in [0.5, 0.6) is 0 Å². The minimum absolute atomic E-state index is 0.0254. The van der Waals surface area contributed by atoms with Crippen molar-refractivity contribution in [3.8, 4) is 0 Å². The van der Waals surface area contributed by atoms with E-state index in [1.165, 1.54) is 17.3 Å². The van der Waals surface area contributed by atoms with Gasteiger partial charge in [0, 0.05) is 6.42 Å². The second-order valence-electron chi connectivity index (χ2n) is 3.10. The molecule has 1 aliphatic rings. The van der Waals surface area contributed by atoms with Gasteiger partial charge in [0.15, 0.2) is 5.04 Å². The number of hydrogen-bond donors (Lipinski definition) is 2. The Morgan fingerprint density at radius 2 is 2.07 bits per heavy atom. The van der Waals surface area contributed by atoms with Gasteiger partial charge in [0.25, 0.3) is 5.91 Å². The van der Waals surface area contributed by atoms with Crippen molar-refractivity contribution in [2.75, 3.05) is 0 Å². The van der Waals surface area contributed by atoms with Gasteiger partial charge in [0.05, 0.1) is 5.37 Å². The molecule has 1 aromatic carbocycles. The Morgan fingerprint density at radius 1 is 1.36 bits per heavy atom. The number of nitrogens with one attached hydrogen (secondary N) is 2. The van der Waals surface area contributed by atoms with Crippen molar-refractivity contribution < 1.29 is 4.79 Å². The molecule has 3 nitrogen and oxygen atoms in total. The van der Waals surface area contributed by atoms with E-state index in [0.717, 1.165) is 6.42 Å². The zero-order valence-corrected chi connectivity index (χ0v) is 8.30. The maximum absolute atomic E-state index is 11.0. The fraction of sp³-hybridized carbons (Fsp3) is 0.200. The summed E-state index contributed by atoms with van der Waals surface area (Å²) in [6.45, 7) is 0. The lowest BCUT2D eigenvalue weighted by Crippen LogP contribution is -2.27. The Bertz CT molecular complexity index is 348. The second-order valence-corrected chi connectivity index (χ2v) is 4.31. The van der Waals surface area contributed by atoms with E-state index in [4.69, 9.17) is 5.41 Å². The first-order valence-electron chi connectivity index (χ1n) is 4.36. The maximum atomic E-state index is 11.0. The van der Waals surface area contributed by atoms with Crippen LogP contribution in [0.2, 0.25) is 0 Å². The quantitative estimate of drug-likeness (QED) is 0.768. The SMILES string of the molecule is N=C1SC(Cc2ccccc2)NC1=O. The summed E-state index contributed by atoms with van der Waals surface area (Å²) in [6, 6.07) is 9.96. The lowest BCUT2D eigenvalue weighted by atomic mass is 10.1. The van der Waals surface area contributed by atoms with Gasteiger partial charge in [-0.2, -0.15) is 0 Å². The molecular weight excluding hydrogens is 196 g/mol. The Hall–Kier alpha value is -1.29. The molecule has 0 saturated carbocycles. The van der Waals surface area contributed by atoms with Gasteiger partial charge in [0.2, 0.25) is 0 Å². The first kappa shape index (κ1) is 9.27. The van der Waals surface area contributed by atoms with Gasteiger partial charge < -0.3 is 5.32 Å². The highest BCUT2D eigenvalue weighted by molar-refractivity contribution is 8.16. The smallest absolute Gasteiger partial charge is 0.276 e. The molecular formula is C10H10N2OS. The van der Waals surface area contributed by atoms with Gasteiger partial charge in [0.1, 0.15) is 0 Å². The monoisotopic (exact) mass is 206 g/mol. The predicted octanol–water partition coefficient (Wildman–Crippen LogP) is 1.40. The third-order valence-corrected chi connectivity index (χ3v) is 3.01. The topological polar surface area (TPSA) is 53.0 Å². The van der Waals surface area contributed by atoms with Crippen LogP contribution < -0.4 is 5.32 Å². The van der Waals surface area contributed by atoms with Crippen molar-refractivity contribution in [3.05, 3.63) is 35.9 Å². The van der Waals surface area contributed by atoms with E-state index in [2.05, 4.69) is 5.32 Å². The van der Waals surface area contributed by atoms with Crippen LogP contribution in [0.15, 0.2) is 30.3 Å². The van der Waals surface area contributed by atoms with Gasteiger partial charge in [-0.15, -0.1) is 0 Å². The van der Waals surface area contributed by atoms with E-state index >= 15 is 0 Å². The molecule has 0 bridgehead atoms. The molecule has 72 valence electrons. The summed E-state index contributed by atoms with van der Waals surface area (Å²) in [6.07, 6.45) is 0.777. The molecule has 0 radical (unpaired) electrons. The standard InChI is InChI=1S/C10H10N2OS/c11-9-10(13)12-8(14-9)6-7-4-2-1-3-5-7/h1-5,8,11H,6H2,(H,12,13). The van der Waals surface area contributed by atoms with Crippen LogP contribution in [-0.2, 0) is 11.2 Å². The van der Waals surface area contributed by atoms with Crippen molar-refractivity contribution in [1.29, 1.82) is 5.41 Å². The molecule has 1 unspecified atom stereocenters. The molecule has 4 heteroatoms. The number of carbonyl (C=O) groups excluding carboxylic acids is 1. The van der Waals surface area contributed by atoms with Crippen molar-refractivity contribution in [1.82, 2.24) is 5.32 Å². The highest BCUT2D eigenvalue weighted by atomic mass is 32.2. The largest absolute Gasteiger partial charge is 0.338 e. The van der Waals surface area contributed by atoms with E-state index in [-0.39, 0.29) is 16.3 Å². The van der Waals surface area contributed by atoms with Crippen molar-refractivity contribution >= 4 is 22.7 Å². The molecule has 2 N–H and O–H groups in total. The fourth-order valence-corrected chi connectivity index (χ4v) is 2.25. The average Bonchev–Trinajstić information content (AvgIpc) is 2.47. The summed E-state index contributed by atoms with van der Waals surface area (Å²) < 4.78 is 0. The molecule has 1 heterocycles. The van der Waals surface area contributed by atoms with Crippen LogP contribution in [0, 0.1) is 5.41 Å². The summed E-state index contributed by atoms with van der Waals surface area (Å²) >= 11 is 1.29. The van der Waals surface area contributed by atoms with E-state index in [1.807, 2.05) is 30.3 Å². The molecule has 14 heavy (non-hydrogen) atoms. The summed E-state index contributed by atoms with van der Waals surface area (Å²) in [5.74, 6) is -0.254. The zero-order valence-electron chi connectivity index (χ0n) is 7.49. The molecule has 0 aromatic heterocycles. The van der Waals surface area contributed by atoms with Crippen LogP contribution in [0.3, 0.4) is 0 Å². The van der Waals surface area contributed by atoms with Crippen molar-refractivity contribution in [3.63, 3.8) is 0 Å². The molecule has 2 rings (SSSR count). The van der Waals surface area contributed by atoms with E-state index in [9.17, 15) is 4.79 Å². The predicted molar refractivity (Wildman–Crippen MR) is 57.4 cm³/mol. The van der Waals surface area contributed by atoms with E-state index < -0.39 is 0 Å². The number of benzene rings is 1. The zero-order chi connectivity index (χ0) is 9.97. The third-order valence-electron chi connectivity index (χ3n) is 2.02. The number of rotatable bonds is 2. The van der Waals surface area contributed by atoms with Crippen LogP contribution in [-0.4, -0.2) is 16.3 Å². The summed E-state index contributed by atoms with van der Waals surface area (Å²) in [5, 5.41) is 10.2. The Labute approximate surface area is 86.4 Å². The number of hydrogen-bond acceptors (Lipinski definition) is 3. The first-order valence-corrected chi connectivity index (χ1v) is 5.23. The Kier molecular flexibility index (Phi) is 2.54. The number of thioether (sulfide) groups is 1. The molecule has 1 saturated heterocycles. The van der Waals surface area contributed by atoms with Gasteiger partial charge in [-0.05, 0) is 5.56 Å². The first-order chi connectivity index (χ1) is 6.75. The minimum atomic E-state index is -0.254. The summed E-state index contributed by atoms with van der Waals surface area (Å²) in [5.41, 5.74) is 1.18. The van der Waals surface area contributed by atoms with Crippen LogP contribution in [0.25, 0.3) is 0 Å². The van der Waals surface area contributed by atoms with E-state index in [0.29, 0.717) is 0 Å². The lowest BCUT2D eigenvalue weighted by molar-refractivity contribution is -0.114. The normalized spacial score (nSPS) is 21.0. The Morgan fingerprint density at radius 3 is 2.64 bits per heavy atom. The van der Waals surface area contributed by atoms with Crippen molar-refractivity contribution in [2.24, 2.45) is 0 Å². The van der Waals surface area contributed by atoms with Crippen molar-refractivity contribution in [2.45, 2.75) is 11.8 Å². The summed E-state index contributed by atoms with van der Waals surface area (Å²) in [7, 11) is 0. The minimum Gasteiger partial charge on any atom is -0.338 e. The molecule has 1 aromatic rings. The lowest BCUT2D eigenvalue weighted by Gasteiger charge is -2.07. The average molecular weight is 206 g/mol. The third kappa shape index (κ3) is 1.96. The van der Waals surface area contributed by atoms with Gasteiger partial charge in [-0.25, -0.2) is 0 Å². The van der Waals surface area contributed by atoms with Crippen LogP contribution in [0.1, 0.15) is 5.56 Å². The molecule has 1 atom stereocenters. The summed E-state index contributed by atoms with van der Waals surface area (Å²) in [4.78, 5) is 11.0. The number of amides is 1. The van der Waals surface area contributed by atoms with Gasteiger partial charge in [-0.3, -0.25) is 10.2 Å².